The first-order valence-electron chi connectivity index (χ1n) is 8.10. The van der Waals surface area contributed by atoms with E-state index < -0.39 is 0 Å². The summed E-state index contributed by atoms with van der Waals surface area (Å²) in [6.45, 7) is 6.46. The third-order valence-electron chi connectivity index (χ3n) is 4.32. The topological polar surface area (TPSA) is 18.5 Å². The van der Waals surface area contributed by atoms with Crippen LogP contribution in [0, 0.1) is 0 Å². The SMILES string of the molecule is CNCc1ccccc1N1CCN(Cc2ccccc2)CC1. The van der Waals surface area contributed by atoms with Gasteiger partial charge in [-0.25, -0.2) is 0 Å². The van der Waals surface area contributed by atoms with Crippen molar-refractivity contribution < 1.29 is 0 Å². The third kappa shape index (κ3) is 3.67. The Morgan fingerprint density at radius 2 is 1.55 bits per heavy atom. The Kier molecular flexibility index (Phi) is 5.09. The Balaban J connectivity index is 1.60. The second-order valence-corrected chi connectivity index (χ2v) is 5.91. The van der Waals surface area contributed by atoms with Gasteiger partial charge in [-0.1, -0.05) is 48.5 Å². The molecule has 1 aliphatic rings. The van der Waals surface area contributed by atoms with Gasteiger partial charge >= 0.3 is 0 Å². The summed E-state index contributed by atoms with van der Waals surface area (Å²) in [7, 11) is 2.01. The van der Waals surface area contributed by atoms with Crippen molar-refractivity contribution in [1.82, 2.24) is 10.2 Å². The van der Waals surface area contributed by atoms with Crippen LogP contribution in [-0.2, 0) is 13.1 Å². The normalized spacial score (nSPS) is 16.0. The molecule has 0 aliphatic carbocycles. The Morgan fingerprint density at radius 3 is 2.27 bits per heavy atom. The van der Waals surface area contributed by atoms with E-state index in [1.165, 1.54) is 16.8 Å². The van der Waals surface area contributed by atoms with Gasteiger partial charge in [0.2, 0.25) is 0 Å². The summed E-state index contributed by atoms with van der Waals surface area (Å²) < 4.78 is 0. The monoisotopic (exact) mass is 295 g/mol. The van der Waals surface area contributed by atoms with Gasteiger partial charge in [0, 0.05) is 45.0 Å². The van der Waals surface area contributed by atoms with Crippen molar-refractivity contribution in [3.8, 4) is 0 Å². The molecule has 1 aliphatic heterocycles. The Morgan fingerprint density at radius 1 is 0.864 bits per heavy atom. The van der Waals surface area contributed by atoms with Crippen molar-refractivity contribution in [3.63, 3.8) is 0 Å². The van der Waals surface area contributed by atoms with Crippen LogP contribution in [0.4, 0.5) is 5.69 Å². The van der Waals surface area contributed by atoms with Crippen LogP contribution in [0.25, 0.3) is 0 Å². The average molecular weight is 295 g/mol. The van der Waals surface area contributed by atoms with Crippen LogP contribution in [-0.4, -0.2) is 38.1 Å². The van der Waals surface area contributed by atoms with E-state index in [4.69, 9.17) is 0 Å². The van der Waals surface area contributed by atoms with E-state index >= 15 is 0 Å². The van der Waals surface area contributed by atoms with E-state index in [0.717, 1.165) is 39.3 Å². The standard InChI is InChI=1S/C19H25N3/c1-20-15-18-9-5-6-10-19(18)22-13-11-21(12-14-22)16-17-7-3-2-4-8-17/h2-10,20H,11-16H2,1H3. The summed E-state index contributed by atoms with van der Waals surface area (Å²) >= 11 is 0. The minimum Gasteiger partial charge on any atom is -0.369 e. The van der Waals surface area contributed by atoms with E-state index in [9.17, 15) is 0 Å². The fraction of sp³-hybridized carbons (Fsp3) is 0.368. The molecule has 3 rings (SSSR count). The number of nitrogens with one attached hydrogen (secondary N) is 1. The minimum absolute atomic E-state index is 0.931. The van der Waals surface area contributed by atoms with Gasteiger partial charge in [0.25, 0.3) is 0 Å². The molecule has 1 fully saturated rings. The molecule has 1 N–H and O–H groups in total. The molecule has 116 valence electrons. The number of hydrogen-bond acceptors (Lipinski definition) is 3. The maximum atomic E-state index is 3.27. The predicted molar refractivity (Wildman–Crippen MR) is 93.1 cm³/mol. The van der Waals surface area contributed by atoms with Crippen LogP contribution in [0.3, 0.4) is 0 Å². The van der Waals surface area contributed by atoms with Gasteiger partial charge in [-0.15, -0.1) is 0 Å². The fourth-order valence-electron chi connectivity index (χ4n) is 3.15. The summed E-state index contributed by atoms with van der Waals surface area (Å²) in [6, 6.07) is 19.5. The van der Waals surface area contributed by atoms with Crippen LogP contribution >= 0.6 is 0 Å². The Bertz CT molecular complexity index is 574. The number of hydrogen-bond donors (Lipinski definition) is 1. The van der Waals surface area contributed by atoms with Gasteiger partial charge < -0.3 is 10.2 Å². The van der Waals surface area contributed by atoms with E-state index in [-0.39, 0.29) is 0 Å². The molecule has 0 unspecified atom stereocenters. The van der Waals surface area contributed by atoms with Gasteiger partial charge in [-0.3, -0.25) is 4.90 Å². The second kappa shape index (κ2) is 7.43. The quantitative estimate of drug-likeness (QED) is 0.915. The maximum Gasteiger partial charge on any atom is 0.0412 e. The lowest BCUT2D eigenvalue weighted by atomic mass is 10.1. The summed E-state index contributed by atoms with van der Waals surface area (Å²) in [6.07, 6.45) is 0. The molecule has 3 heteroatoms. The Labute approximate surface area is 133 Å². The highest BCUT2D eigenvalue weighted by Gasteiger charge is 2.18. The highest BCUT2D eigenvalue weighted by Crippen LogP contribution is 2.22. The number of anilines is 1. The van der Waals surface area contributed by atoms with Crippen molar-refractivity contribution in [1.29, 1.82) is 0 Å². The van der Waals surface area contributed by atoms with Crippen LogP contribution in [0.1, 0.15) is 11.1 Å². The molecule has 0 saturated carbocycles. The van der Waals surface area contributed by atoms with Crippen LogP contribution in [0.2, 0.25) is 0 Å². The van der Waals surface area contributed by atoms with Crippen LogP contribution < -0.4 is 10.2 Å². The second-order valence-electron chi connectivity index (χ2n) is 5.91. The smallest absolute Gasteiger partial charge is 0.0412 e. The van der Waals surface area contributed by atoms with Crippen molar-refractivity contribution >= 4 is 5.69 Å². The molecule has 22 heavy (non-hydrogen) atoms. The minimum atomic E-state index is 0.931. The van der Waals surface area contributed by atoms with Crippen LogP contribution in [0.5, 0.6) is 0 Å². The summed E-state index contributed by atoms with van der Waals surface area (Å²) in [5.41, 5.74) is 4.18. The first-order valence-corrected chi connectivity index (χ1v) is 8.10. The lowest BCUT2D eigenvalue weighted by Gasteiger charge is -2.37. The lowest BCUT2D eigenvalue weighted by molar-refractivity contribution is 0.249. The molecule has 0 amide bonds. The lowest BCUT2D eigenvalue weighted by Crippen LogP contribution is -2.46. The number of rotatable bonds is 5. The van der Waals surface area contributed by atoms with Gasteiger partial charge in [0.1, 0.15) is 0 Å². The first-order chi connectivity index (χ1) is 10.9. The van der Waals surface area contributed by atoms with E-state index in [2.05, 4.69) is 69.7 Å². The predicted octanol–water partition coefficient (Wildman–Crippen LogP) is 2.73. The molecule has 0 atom stereocenters. The molecule has 0 bridgehead atoms. The van der Waals surface area contributed by atoms with Gasteiger partial charge in [0.05, 0.1) is 0 Å². The van der Waals surface area contributed by atoms with Gasteiger partial charge in [0.15, 0.2) is 0 Å². The molecule has 3 nitrogen and oxygen atoms in total. The average Bonchev–Trinajstić information content (AvgIpc) is 2.58. The summed E-state index contributed by atoms with van der Waals surface area (Å²) in [4.78, 5) is 5.07. The first kappa shape index (κ1) is 15.1. The van der Waals surface area contributed by atoms with Gasteiger partial charge in [-0.05, 0) is 24.2 Å². The van der Waals surface area contributed by atoms with E-state index in [0.29, 0.717) is 0 Å². The van der Waals surface area contributed by atoms with E-state index in [1.807, 2.05) is 7.05 Å². The molecule has 0 aromatic heterocycles. The van der Waals surface area contributed by atoms with Crippen molar-refractivity contribution in [2.45, 2.75) is 13.1 Å². The summed E-state index contributed by atoms with van der Waals surface area (Å²) in [5, 5.41) is 3.27. The molecule has 1 saturated heterocycles. The molecule has 1 heterocycles. The number of benzene rings is 2. The largest absolute Gasteiger partial charge is 0.369 e. The maximum absolute atomic E-state index is 3.27. The number of piperazine rings is 1. The molecule has 0 spiro atoms. The molecule has 0 radical (unpaired) electrons. The highest BCUT2D eigenvalue weighted by atomic mass is 15.3. The van der Waals surface area contributed by atoms with Crippen molar-refractivity contribution in [2.24, 2.45) is 0 Å². The zero-order valence-corrected chi connectivity index (χ0v) is 13.3. The number of nitrogens with zero attached hydrogens (tertiary/aromatic N) is 2. The molecular weight excluding hydrogens is 270 g/mol. The number of para-hydroxylation sites is 1. The zero-order valence-electron chi connectivity index (χ0n) is 13.3. The molecule has 2 aromatic carbocycles. The van der Waals surface area contributed by atoms with E-state index in [1.54, 1.807) is 0 Å². The molecular formula is C19H25N3. The Hall–Kier alpha value is -1.84. The summed E-state index contributed by atoms with van der Waals surface area (Å²) in [5.74, 6) is 0. The highest BCUT2D eigenvalue weighted by molar-refractivity contribution is 5.54. The zero-order chi connectivity index (χ0) is 15.2. The van der Waals surface area contributed by atoms with Gasteiger partial charge in [-0.2, -0.15) is 0 Å². The molecule has 2 aromatic rings. The van der Waals surface area contributed by atoms with Crippen LogP contribution in [0.15, 0.2) is 54.6 Å². The van der Waals surface area contributed by atoms with Crippen molar-refractivity contribution in [2.75, 3.05) is 38.1 Å². The fourth-order valence-corrected chi connectivity index (χ4v) is 3.15. The third-order valence-corrected chi connectivity index (χ3v) is 4.32. The van der Waals surface area contributed by atoms with Crippen molar-refractivity contribution in [3.05, 3.63) is 65.7 Å².